The second-order valence-corrected chi connectivity index (χ2v) is 8.81. The summed E-state index contributed by atoms with van der Waals surface area (Å²) in [5.74, 6) is -0.324. The third-order valence-corrected chi connectivity index (χ3v) is 6.60. The van der Waals surface area contributed by atoms with Crippen molar-refractivity contribution >= 4 is 20.3 Å². The second-order valence-electron chi connectivity index (χ2n) is 5.46. The van der Waals surface area contributed by atoms with Crippen LogP contribution in [0.15, 0.2) is 24.3 Å². The van der Waals surface area contributed by atoms with Gasteiger partial charge >= 0.3 is 8.56 Å². The molecular weight excluding hydrogens is 310 g/mol. The molecular formula is C17H27NO4Si. The molecule has 1 aromatic carbocycles. The maximum atomic E-state index is 12.2. The lowest BCUT2D eigenvalue weighted by molar-refractivity contribution is 0.0938. The van der Waals surface area contributed by atoms with Gasteiger partial charge in [-0.15, -0.1) is 0 Å². The van der Waals surface area contributed by atoms with Crippen molar-refractivity contribution in [3.63, 3.8) is 0 Å². The molecule has 1 amide bonds. The zero-order valence-corrected chi connectivity index (χ0v) is 15.5. The molecule has 6 heteroatoms. The SMILES string of the molecule is CCO[Si](C)(CCCNC(=O)c1ccccc1C(C)=O)OCC. The lowest BCUT2D eigenvalue weighted by Crippen LogP contribution is -2.39. The molecule has 1 rings (SSSR count). The standard InChI is InChI=1S/C17H27NO4Si/c1-5-21-23(4,22-6-2)13-9-12-18-17(20)16-11-8-7-10-15(16)14(3)19/h7-8,10-11H,5-6,9,12-13H2,1-4H3,(H,18,20). The molecule has 0 spiro atoms. The minimum atomic E-state index is -2.13. The third kappa shape index (κ3) is 6.25. The number of ketones is 1. The Balaban J connectivity index is 2.53. The van der Waals surface area contributed by atoms with Crippen LogP contribution in [0, 0.1) is 0 Å². The highest BCUT2D eigenvalue weighted by Gasteiger charge is 2.29. The quantitative estimate of drug-likeness (QED) is 0.405. The van der Waals surface area contributed by atoms with Crippen molar-refractivity contribution in [3.05, 3.63) is 35.4 Å². The van der Waals surface area contributed by atoms with Gasteiger partial charge in [-0.1, -0.05) is 18.2 Å². The van der Waals surface area contributed by atoms with Crippen LogP contribution in [0.1, 0.15) is 47.9 Å². The fraction of sp³-hybridized carbons (Fsp3) is 0.529. The van der Waals surface area contributed by atoms with E-state index in [4.69, 9.17) is 8.85 Å². The molecule has 1 N–H and O–H groups in total. The topological polar surface area (TPSA) is 64.6 Å². The van der Waals surface area contributed by atoms with Gasteiger partial charge in [0.25, 0.3) is 5.91 Å². The Morgan fingerprint density at radius 1 is 1.09 bits per heavy atom. The van der Waals surface area contributed by atoms with Crippen molar-refractivity contribution in [2.75, 3.05) is 19.8 Å². The van der Waals surface area contributed by atoms with Gasteiger partial charge in [-0.25, -0.2) is 0 Å². The molecule has 0 fully saturated rings. The fourth-order valence-corrected chi connectivity index (χ4v) is 4.90. The summed E-state index contributed by atoms with van der Waals surface area (Å²) in [6.45, 7) is 9.26. The average molecular weight is 337 g/mol. The van der Waals surface area contributed by atoms with E-state index < -0.39 is 8.56 Å². The highest BCUT2D eigenvalue weighted by molar-refractivity contribution is 6.66. The van der Waals surface area contributed by atoms with Crippen molar-refractivity contribution in [1.82, 2.24) is 5.32 Å². The molecule has 1 aromatic rings. The number of hydrogen-bond acceptors (Lipinski definition) is 4. The number of nitrogens with one attached hydrogen (secondary N) is 1. The lowest BCUT2D eigenvalue weighted by Gasteiger charge is -2.25. The smallest absolute Gasteiger partial charge is 0.334 e. The molecule has 0 saturated carbocycles. The van der Waals surface area contributed by atoms with Crippen LogP contribution in [-0.2, 0) is 8.85 Å². The Hall–Kier alpha value is -1.50. The molecule has 0 aliphatic heterocycles. The highest BCUT2D eigenvalue weighted by Crippen LogP contribution is 2.15. The number of amides is 1. The predicted molar refractivity (Wildman–Crippen MR) is 93.1 cm³/mol. The summed E-state index contributed by atoms with van der Waals surface area (Å²) in [6.07, 6.45) is 0.788. The van der Waals surface area contributed by atoms with Crippen LogP contribution >= 0.6 is 0 Å². The van der Waals surface area contributed by atoms with Crippen LogP contribution in [-0.4, -0.2) is 40.0 Å². The van der Waals surface area contributed by atoms with Gasteiger partial charge < -0.3 is 14.2 Å². The van der Waals surface area contributed by atoms with Gasteiger partial charge in [0.05, 0.1) is 5.56 Å². The van der Waals surface area contributed by atoms with E-state index in [0.29, 0.717) is 30.9 Å². The highest BCUT2D eigenvalue weighted by atomic mass is 28.4. The molecule has 0 aromatic heterocycles. The monoisotopic (exact) mass is 337 g/mol. The first-order valence-corrected chi connectivity index (χ1v) is 10.6. The van der Waals surface area contributed by atoms with Crippen LogP contribution in [0.25, 0.3) is 0 Å². The number of Topliss-reactive ketones (excluding diaryl/α,β-unsaturated/α-hetero) is 1. The molecule has 23 heavy (non-hydrogen) atoms. The summed E-state index contributed by atoms with van der Waals surface area (Å²) in [5.41, 5.74) is 0.877. The molecule has 0 unspecified atom stereocenters. The molecule has 0 aliphatic rings. The molecule has 0 heterocycles. The van der Waals surface area contributed by atoms with Crippen LogP contribution in [0.2, 0.25) is 12.6 Å². The van der Waals surface area contributed by atoms with Crippen molar-refractivity contribution in [2.45, 2.75) is 39.8 Å². The third-order valence-electron chi connectivity index (χ3n) is 3.54. The summed E-state index contributed by atoms with van der Waals surface area (Å²) < 4.78 is 11.5. The van der Waals surface area contributed by atoms with Gasteiger partial charge in [-0.3, -0.25) is 9.59 Å². The van der Waals surface area contributed by atoms with Crippen LogP contribution in [0.4, 0.5) is 0 Å². The number of carbonyl (C=O) groups excluding carboxylic acids is 2. The number of carbonyl (C=O) groups is 2. The Kier molecular flexibility index (Phi) is 8.15. The summed E-state index contributed by atoms with van der Waals surface area (Å²) in [7, 11) is -2.13. The Bertz CT molecular complexity index is 527. The van der Waals surface area contributed by atoms with E-state index in [-0.39, 0.29) is 11.7 Å². The molecule has 0 bridgehead atoms. The van der Waals surface area contributed by atoms with Gasteiger partial charge in [0, 0.05) is 25.3 Å². The van der Waals surface area contributed by atoms with E-state index in [1.807, 2.05) is 20.4 Å². The van der Waals surface area contributed by atoms with E-state index in [0.717, 1.165) is 12.5 Å². The Morgan fingerprint density at radius 3 is 2.17 bits per heavy atom. The maximum absolute atomic E-state index is 12.2. The van der Waals surface area contributed by atoms with Gasteiger partial charge in [-0.2, -0.15) is 0 Å². The van der Waals surface area contributed by atoms with Crippen LogP contribution in [0.3, 0.4) is 0 Å². The van der Waals surface area contributed by atoms with Crippen LogP contribution in [0.5, 0.6) is 0 Å². The number of hydrogen-bond donors (Lipinski definition) is 1. The summed E-state index contributed by atoms with van der Waals surface area (Å²) in [4.78, 5) is 23.8. The maximum Gasteiger partial charge on any atom is 0.334 e. The number of benzene rings is 1. The van der Waals surface area contributed by atoms with Crippen molar-refractivity contribution in [1.29, 1.82) is 0 Å². The molecule has 5 nitrogen and oxygen atoms in total. The van der Waals surface area contributed by atoms with Gasteiger partial charge in [0.2, 0.25) is 0 Å². The second kappa shape index (κ2) is 9.59. The van der Waals surface area contributed by atoms with Gasteiger partial charge in [0.15, 0.2) is 5.78 Å². The zero-order chi connectivity index (χ0) is 17.3. The summed E-state index contributed by atoms with van der Waals surface area (Å²) in [5, 5.41) is 2.87. The van der Waals surface area contributed by atoms with Crippen molar-refractivity contribution in [2.24, 2.45) is 0 Å². The van der Waals surface area contributed by atoms with E-state index in [9.17, 15) is 9.59 Å². The minimum Gasteiger partial charge on any atom is -0.395 e. The van der Waals surface area contributed by atoms with E-state index in [1.165, 1.54) is 6.92 Å². The normalized spacial score (nSPS) is 11.3. The molecule has 0 atom stereocenters. The fourth-order valence-electron chi connectivity index (χ4n) is 2.49. The largest absolute Gasteiger partial charge is 0.395 e. The first kappa shape index (κ1) is 19.5. The summed E-state index contributed by atoms with van der Waals surface area (Å²) >= 11 is 0. The van der Waals surface area contributed by atoms with Crippen LogP contribution < -0.4 is 5.32 Å². The summed E-state index contributed by atoms with van der Waals surface area (Å²) in [6, 6.07) is 7.68. The molecule has 0 radical (unpaired) electrons. The van der Waals surface area contributed by atoms with Crippen molar-refractivity contribution in [3.8, 4) is 0 Å². The average Bonchev–Trinajstić information content (AvgIpc) is 2.52. The molecule has 0 saturated heterocycles. The first-order valence-electron chi connectivity index (χ1n) is 8.09. The van der Waals surface area contributed by atoms with Gasteiger partial charge in [0.1, 0.15) is 0 Å². The Labute approximate surface area is 139 Å². The van der Waals surface area contributed by atoms with E-state index >= 15 is 0 Å². The number of rotatable bonds is 10. The van der Waals surface area contributed by atoms with E-state index in [1.54, 1.807) is 24.3 Å². The van der Waals surface area contributed by atoms with Crippen molar-refractivity contribution < 1.29 is 18.4 Å². The molecule has 128 valence electrons. The predicted octanol–water partition coefficient (Wildman–Crippen LogP) is 3.15. The minimum absolute atomic E-state index is 0.108. The first-order chi connectivity index (χ1) is 10.9. The zero-order valence-electron chi connectivity index (χ0n) is 14.5. The Morgan fingerprint density at radius 2 is 1.65 bits per heavy atom. The molecule has 0 aliphatic carbocycles. The lowest BCUT2D eigenvalue weighted by atomic mass is 10.0. The van der Waals surface area contributed by atoms with E-state index in [2.05, 4.69) is 5.32 Å². The van der Waals surface area contributed by atoms with Gasteiger partial charge in [-0.05, 0) is 45.8 Å².